The molecule has 1 aliphatic rings. The van der Waals surface area contributed by atoms with Crippen LogP contribution in [0.1, 0.15) is 37.8 Å². The first-order valence-corrected chi connectivity index (χ1v) is 14.0. The van der Waals surface area contributed by atoms with Gasteiger partial charge in [-0.2, -0.15) is 0 Å². The molecule has 10 nitrogen and oxygen atoms in total. The Bertz CT molecular complexity index is 1270. The predicted octanol–water partition coefficient (Wildman–Crippen LogP) is 3.22. The van der Waals surface area contributed by atoms with Crippen molar-refractivity contribution in [2.24, 2.45) is 5.73 Å². The van der Waals surface area contributed by atoms with E-state index in [9.17, 15) is 13.2 Å². The third kappa shape index (κ3) is 8.07. The summed E-state index contributed by atoms with van der Waals surface area (Å²) >= 11 is 0. The number of piperidine rings is 1. The molecule has 0 bridgehead atoms. The number of hydrogen-bond donors (Lipinski definition) is 3. The number of rotatable bonds is 11. The highest BCUT2D eigenvalue weighted by Gasteiger charge is 2.26. The molecule has 3 rings (SSSR count). The maximum Gasteiger partial charge on any atom is 0.323 e. The van der Waals surface area contributed by atoms with Crippen molar-refractivity contribution in [1.29, 1.82) is 10.8 Å². The minimum absolute atomic E-state index is 0.0202. The number of esters is 1. The lowest BCUT2D eigenvalue weighted by Gasteiger charge is -2.32. The van der Waals surface area contributed by atoms with E-state index in [2.05, 4.69) is 0 Å². The zero-order chi connectivity index (χ0) is 27.7. The van der Waals surface area contributed by atoms with Gasteiger partial charge >= 0.3 is 5.97 Å². The van der Waals surface area contributed by atoms with E-state index < -0.39 is 21.7 Å². The van der Waals surface area contributed by atoms with Gasteiger partial charge in [-0.1, -0.05) is 30.4 Å². The van der Waals surface area contributed by atoms with Crippen molar-refractivity contribution in [3.63, 3.8) is 0 Å². The molecule has 1 aliphatic heterocycles. The molecule has 0 saturated carbocycles. The van der Waals surface area contributed by atoms with Crippen LogP contribution in [0.25, 0.3) is 6.08 Å². The van der Waals surface area contributed by atoms with Crippen molar-refractivity contribution in [3.8, 4) is 5.75 Å². The van der Waals surface area contributed by atoms with Crippen molar-refractivity contribution in [2.75, 3.05) is 36.3 Å². The van der Waals surface area contributed by atoms with Crippen LogP contribution in [-0.2, 0) is 19.6 Å². The number of amidine groups is 2. The molecule has 0 spiro atoms. The van der Waals surface area contributed by atoms with Gasteiger partial charge in [-0.05, 0) is 49.7 Å². The van der Waals surface area contributed by atoms with Crippen LogP contribution in [0.3, 0.4) is 0 Å². The maximum absolute atomic E-state index is 13.2. The number of likely N-dealkylation sites (tertiary alicyclic amines) is 1. The van der Waals surface area contributed by atoms with Crippen LogP contribution in [-0.4, -0.2) is 69.1 Å². The molecule has 38 heavy (non-hydrogen) atoms. The summed E-state index contributed by atoms with van der Waals surface area (Å²) in [5.74, 6) is -0.480. The summed E-state index contributed by atoms with van der Waals surface area (Å²) in [6, 6.07) is 13.8. The van der Waals surface area contributed by atoms with Gasteiger partial charge in [0.1, 0.15) is 17.7 Å². The van der Waals surface area contributed by atoms with Crippen LogP contribution in [0.5, 0.6) is 5.75 Å². The normalized spacial score (nSPS) is 14.3. The van der Waals surface area contributed by atoms with Gasteiger partial charge in [0.25, 0.3) is 0 Å². The summed E-state index contributed by atoms with van der Waals surface area (Å²) < 4.78 is 38.5. The lowest BCUT2D eigenvalue weighted by Crippen LogP contribution is -2.40. The largest absolute Gasteiger partial charge is 0.490 e. The van der Waals surface area contributed by atoms with Gasteiger partial charge in [-0.3, -0.25) is 19.9 Å². The van der Waals surface area contributed by atoms with Crippen molar-refractivity contribution >= 4 is 39.4 Å². The quantitative estimate of drug-likeness (QED) is 0.225. The van der Waals surface area contributed by atoms with Crippen LogP contribution in [0.2, 0.25) is 0 Å². The number of ether oxygens (including phenoxy) is 2. The fourth-order valence-corrected chi connectivity index (χ4v) is 5.39. The van der Waals surface area contributed by atoms with Crippen LogP contribution in [0.4, 0.5) is 5.69 Å². The summed E-state index contributed by atoms with van der Waals surface area (Å²) in [6.07, 6.45) is 5.03. The third-order valence-electron chi connectivity index (χ3n) is 6.06. The average Bonchev–Trinajstić information content (AvgIpc) is 2.87. The highest BCUT2D eigenvalue weighted by Crippen LogP contribution is 2.25. The molecule has 0 aromatic heterocycles. The van der Waals surface area contributed by atoms with Crippen LogP contribution in [0.15, 0.2) is 54.6 Å². The van der Waals surface area contributed by atoms with Crippen LogP contribution >= 0.6 is 0 Å². The Balaban J connectivity index is 1.76. The Hall–Kier alpha value is -3.86. The highest BCUT2D eigenvalue weighted by molar-refractivity contribution is 7.93. The van der Waals surface area contributed by atoms with E-state index in [0.717, 1.165) is 35.8 Å². The SMILES string of the molecule is CCOC(=O)CS(=O)(=O)N(CC=Cc1cccc(C(=N)N)c1)c1ccc(OC2CCN(C(C)=N)CC2)cc1. The number of hydrogen-bond acceptors (Lipinski definition) is 7. The molecule has 2 aromatic rings. The molecule has 0 amide bonds. The molecule has 0 unspecified atom stereocenters. The molecule has 4 N–H and O–H groups in total. The fraction of sp³-hybridized carbons (Fsp3) is 0.370. The van der Waals surface area contributed by atoms with Gasteiger partial charge in [-0.15, -0.1) is 0 Å². The van der Waals surface area contributed by atoms with Crippen molar-refractivity contribution in [3.05, 3.63) is 65.7 Å². The predicted molar refractivity (Wildman–Crippen MR) is 149 cm³/mol. The molecule has 11 heteroatoms. The number of nitrogen functional groups attached to an aromatic ring is 1. The van der Waals surface area contributed by atoms with Crippen molar-refractivity contribution < 1.29 is 22.7 Å². The smallest absolute Gasteiger partial charge is 0.323 e. The number of nitrogens with two attached hydrogens (primary N) is 1. The van der Waals surface area contributed by atoms with Gasteiger partial charge in [0.05, 0.1) is 24.7 Å². The fourth-order valence-electron chi connectivity index (χ4n) is 4.10. The molecule has 1 heterocycles. The molecule has 204 valence electrons. The number of anilines is 1. The van der Waals surface area contributed by atoms with Gasteiger partial charge in [0.2, 0.25) is 10.0 Å². The van der Waals surface area contributed by atoms with E-state index in [0.29, 0.717) is 22.8 Å². The molecule has 2 aromatic carbocycles. The molecular weight excluding hydrogens is 506 g/mol. The van der Waals surface area contributed by atoms with Crippen molar-refractivity contribution in [1.82, 2.24) is 4.90 Å². The number of carbonyl (C=O) groups excluding carboxylic acids is 1. The molecule has 0 atom stereocenters. The lowest BCUT2D eigenvalue weighted by atomic mass is 10.1. The van der Waals surface area contributed by atoms with Crippen LogP contribution in [0, 0.1) is 10.8 Å². The minimum atomic E-state index is -4.04. The zero-order valence-corrected chi connectivity index (χ0v) is 22.5. The van der Waals surface area contributed by atoms with E-state index >= 15 is 0 Å². The topological polar surface area (TPSA) is 150 Å². The summed E-state index contributed by atoms with van der Waals surface area (Å²) in [5, 5.41) is 15.4. The Labute approximate surface area is 224 Å². The van der Waals surface area contributed by atoms with Gasteiger partial charge in [0, 0.05) is 31.5 Å². The first-order valence-electron chi connectivity index (χ1n) is 12.4. The number of carbonyl (C=O) groups is 1. The standard InChI is InChI=1S/C27H35N5O5S/c1-3-36-26(33)19-38(34,35)32(15-5-7-21-6-4-8-22(18-21)27(29)30)23-9-11-24(12-10-23)37-25-13-16-31(17-14-25)20(2)28/h4-12,18,25,28H,3,13-17,19H2,1-2H3,(H3,29,30). The zero-order valence-electron chi connectivity index (χ0n) is 21.7. The average molecular weight is 542 g/mol. The van der Waals surface area contributed by atoms with Gasteiger partial charge < -0.3 is 20.1 Å². The van der Waals surface area contributed by atoms with Gasteiger partial charge in [0.15, 0.2) is 5.75 Å². The van der Waals surface area contributed by atoms with E-state index in [-0.39, 0.29) is 25.1 Å². The Morgan fingerprint density at radius 3 is 2.45 bits per heavy atom. The summed E-state index contributed by atoms with van der Waals surface area (Å²) in [5.41, 5.74) is 7.27. The van der Waals surface area contributed by atoms with Crippen LogP contribution < -0.4 is 14.8 Å². The maximum atomic E-state index is 13.2. The Kier molecular flexibility index (Phi) is 9.89. The summed E-state index contributed by atoms with van der Waals surface area (Å²) in [7, 11) is -4.04. The number of benzene rings is 2. The number of nitrogens with zero attached hydrogens (tertiary/aromatic N) is 2. The number of sulfonamides is 1. The Morgan fingerprint density at radius 1 is 1.16 bits per heavy atom. The minimum Gasteiger partial charge on any atom is -0.490 e. The molecule has 0 aliphatic carbocycles. The second kappa shape index (κ2) is 13.1. The summed E-state index contributed by atoms with van der Waals surface area (Å²) in [4.78, 5) is 14.0. The first kappa shape index (κ1) is 28.7. The summed E-state index contributed by atoms with van der Waals surface area (Å²) in [6.45, 7) is 4.99. The molecule has 0 radical (unpaired) electrons. The molecule has 1 fully saturated rings. The second-order valence-electron chi connectivity index (χ2n) is 8.92. The Morgan fingerprint density at radius 2 is 1.84 bits per heavy atom. The lowest BCUT2D eigenvalue weighted by molar-refractivity contribution is -0.139. The third-order valence-corrected chi connectivity index (χ3v) is 7.70. The van der Waals surface area contributed by atoms with E-state index in [4.69, 9.17) is 26.0 Å². The van der Waals surface area contributed by atoms with Crippen molar-refractivity contribution in [2.45, 2.75) is 32.8 Å². The highest BCUT2D eigenvalue weighted by atomic mass is 32.2. The van der Waals surface area contributed by atoms with Gasteiger partial charge in [-0.25, -0.2) is 8.42 Å². The molecule has 1 saturated heterocycles. The van der Waals surface area contributed by atoms with E-state index in [1.807, 2.05) is 11.0 Å². The monoisotopic (exact) mass is 541 g/mol. The second-order valence-corrected chi connectivity index (χ2v) is 10.8. The molecular formula is C27H35N5O5S. The van der Waals surface area contributed by atoms with E-state index in [1.165, 1.54) is 0 Å². The first-order chi connectivity index (χ1) is 18.1. The van der Waals surface area contributed by atoms with E-state index in [1.54, 1.807) is 68.5 Å². The number of nitrogens with one attached hydrogen (secondary N) is 2.